The van der Waals surface area contributed by atoms with Gasteiger partial charge in [-0.2, -0.15) is 9.49 Å². The van der Waals surface area contributed by atoms with Gasteiger partial charge in [-0.05, 0) is 12.8 Å². The standard InChI is InChI=1S/C15H18FN7O2/c16-12-13(10-1-2-10)19-15(20-14(12)25)22-5-3-21(4-6-22)11(24)7-23-9-17-8-18-23/h8-10H,1-7H2,(H,19,20,25). The fourth-order valence-corrected chi connectivity index (χ4v) is 2.96. The molecule has 0 atom stereocenters. The molecule has 0 aromatic carbocycles. The van der Waals surface area contributed by atoms with Crippen molar-refractivity contribution in [2.24, 2.45) is 0 Å². The lowest BCUT2D eigenvalue weighted by molar-refractivity contribution is -0.132. The van der Waals surface area contributed by atoms with Crippen molar-refractivity contribution >= 4 is 11.9 Å². The van der Waals surface area contributed by atoms with Crippen molar-refractivity contribution in [1.82, 2.24) is 29.6 Å². The van der Waals surface area contributed by atoms with E-state index in [-0.39, 0.29) is 24.1 Å². The van der Waals surface area contributed by atoms with Gasteiger partial charge in [-0.1, -0.05) is 0 Å². The lowest BCUT2D eigenvalue weighted by Crippen LogP contribution is -2.50. The van der Waals surface area contributed by atoms with Crippen molar-refractivity contribution in [3.8, 4) is 0 Å². The third-order valence-corrected chi connectivity index (χ3v) is 4.54. The molecule has 132 valence electrons. The van der Waals surface area contributed by atoms with Crippen LogP contribution in [0.25, 0.3) is 0 Å². The lowest BCUT2D eigenvalue weighted by atomic mass is 10.2. The summed E-state index contributed by atoms with van der Waals surface area (Å²) in [5.74, 6) is -0.361. The zero-order valence-corrected chi connectivity index (χ0v) is 13.6. The normalized spacial score (nSPS) is 17.8. The van der Waals surface area contributed by atoms with Gasteiger partial charge in [0.05, 0.1) is 5.69 Å². The van der Waals surface area contributed by atoms with Gasteiger partial charge in [-0.3, -0.25) is 14.6 Å². The minimum absolute atomic E-state index is 0.0376. The van der Waals surface area contributed by atoms with Crippen LogP contribution in [0.1, 0.15) is 24.5 Å². The molecule has 2 aromatic rings. The van der Waals surface area contributed by atoms with E-state index in [2.05, 4.69) is 20.1 Å². The van der Waals surface area contributed by atoms with Crippen LogP contribution in [0.2, 0.25) is 0 Å². The number of halogens is 1. The molecule has 0 unspecified atom stereocenters. The first-order chi connectivity index (χ1) is 12.1. The summed E-state index contributed by atoms with van der Waals surface area (Å²) >= 11 is 0. The summed E-state index contributed by atoms with van der Waals surface area (Å²) in [7, 11) is 0. The van der Waals surface area contributed by atoms with Crippen molar-refractivity contribution in [2.75, 3.05) is 31.1 Å². The number of rotatable bonds is 4. The Morgan fingerprint density at radius 3 is 2.68 bits per heavy atom. The van der Waals surface area contributed by atoms with Gasteiger partial charge in [0.15, 0.2) is 0 Å². The van der Waals surface area contributed by atoms with Crippen LogP contribution in [0.15, 0.2) is 17.4 Å². The Labute approximate surface area is 142 Å². The number of aromatic nitrogens is 5. The summed E-state index contributed by atoms with van der Waals surface area (Å²) in [5.41, 5.74) is -0.458. The lowest BCUT2D eigenvalue weighted by Gasteiger charge is -2.35. The number of carbonyl (C=O) groups excluding carboxylic acids is 1. The summed E-state index contributed by atoms with van der Waals surface area (Å²) in [6.45, 7) is 2.22. The number of aromatic amines is 1. The third-order valence-electron chi connectivity index (χ3n) is 4.54. The zero-order chi connectivity index (χ0) is 17.4. The van der Waals surface area contributed by atoms with E-state index in [0.29, 0.717) is 32.1 Å². The molecule has 1 N–H and O–H groups in total. The van der Waals surface area contributed by atoms with E-state index < -0.39 is 11.4 Å². The SMILES string of the molecule is O=C(Cn1cncn1)N1CCN(c2nc(C3CC3)c(F)c(=O)[nH]2)CC1. The molecule has 10 heteroatoms. The van der Waals surface area contributed by atoms with Crippen molar-refractivity contribution in [3.63, 3.8) is 0 Å². The quantitative estimate of drug-likeness (QED) is 0.817. The zero-order valence-electron chi connectivity index (χ0n) is 13.6. The Balaban J connectivity index is 1.42. The van der Waals surface area contributed by atoms with Gasteiger partial charge in [0.2, 0.25) is 17.7 Å². The largest absolute Gasteiger partial charge is 0.339 e. The number of hydrogen-bond donors (Lipinski definition) is 1. The van der Waals surface area contributed by atoms with Gasteiger partial charge in [-0.15, -0.1) is 0 Å². The van der Waals surface area contributed by atoms with E-state index in [4.69, 9.17) is 0 Å². The molecular weight excluding hydrogens is 329 g/mol. The number of carbonyl (C=O) groups is 1. The monoisotopic (exact) mass is 347 g/mol. The topological polar surface area (TPSA) is 100 Å². The first-order valence-corrected chi connectivity index (χ1v) is 8.26. The second-order valence-corrected chi connectivity index (χ2v) is 6.32. The summed E-state index contributed by atoms with van der Waals surface area (Å²) < 4.78 is 15.4. The number of nitrogens with zero attached hydrogens (tertiary/aromatic N) is 6. The third kappa shape index (κ3) is 3.24. The van der Waals surface area contributed by atoms with Gasteiger partial charge in [0.25, 0.3) is 5.56 Å². The highest BCUT2D eigenvalue weighted by molar-refractivity contribution is 5.76. The van der Waals surface area contributed by atoms with Crippen LogP contribution in [0, 0.1) is 5.82 Å². The number of amides is 1. The maximum Gasteiger partial charge on any atom is 0.288 e. The molecule has 1 amide bonds. The Morgan fingerprint density at radius 2 is 2.04 bits per heavy atom. The van der Waals surface area contributed by atoms with Gasteiger partial charge in [0.1, 0.15) is 19.2 Å². The minimum atomic E-state index is -0.770. The van der Waals surface area contributed by atoms with E-state index in [1.54, 1.807) is 4.90 Å². The number of piperazine rings is 1. The van der Waals surface area contributed by atoms with Crippen LogP contribution >= 0.6 is 0 Å². The second kappa shape index (κ2) is 6.26. The molecule has 1 aliphatic carbocycles. The summed E-state index contributed by atoms with van der Waals surface area (Å²) in [6.07, 6.45) is 4.63. The molecular formula is C15H18FN7O2. The molecule has 2 aliphatic rings. The predicted molar refractivity (Wildman–Crippen MR) is 85.6 cm³/mol. The van der Waals surface area contributed by atoms with Crippen LogP contribution in [0.3, 0.4) is 0 Å². The number of H-pyrrole nitrogens is 1. The van der Waals surface area contributed by atoms with E-state index in [0.717, 1.165) is 12.8 Å². The molecule has 0 radical (unpaired) electrons. The Morgan fingerprint density at radius 1 is 1.28 bits per heavy atom. The summed E-state index contributed by atoms with van der Waals surface area (Å²) in [6, 6.07) is 0. The second-order valence-electron chi connectivity index (χ2n) is 6.32. The van der Waals surface area contributed by atoms with Crippen LogP contribution in [-0.2, 0) is 11.3 Å². The highest BCUT2D eigenvalue weighted by atomic mass is 19.1. The molecule has 1 aliphatic heterocycles. The molecule has 3 heterocycles. The number of anilines is 1. The first-order valence-electron chi connectivity index (χ1n) is 8.26. The summed E-state index contributed by atoms with van der Waals surface area (Å²) in [4.78, 5) is 38.3. The van der Waals surface area contributed by atoms with Gasteiger partial charge in [-0.25, -0.2) is 14.6 Å². The van der Waals surface area contributed by atoms with Crippen LogP contribution < -0.4 is 10.5 Å². The number of nitrogens with one attached hydrogen (secondary N) is 1. The Bertz CT molecular complexity index is 823. The molecule has 1 saturated carbocycles. The van der Waals surface area contributed by atoms with Crippen molar-refractivity contribution in [2.45, 2.75) is 25.3 Å². The molecule has 25 heavy (non-hydrogen) atoms. The van der Waals surface area contributed by atoms with Gasteiger partial charge in [0, 0.05) is 32.1 Å². The van der Waals surface area contributed by atoms with Crippen molar-refractivity contribution in [3.05, 3.63) is 34.5 Å². The summed E-state index contributed by atoms with van der Waals surface area (Å²) in [5, 5.41) is 3.93. The Kier molecular flexibility index (Phi) is 3.94. The molecule has 0 bridgehead atoms. The molecule has 2 aromatic heterocycles. The highest BCUT2D eigenvalue weighted by Gasteiger charge is 2.31. The van der Waals surface area contributed by atoms with Crippen LogP contribution in [-0.4, -0.2) is 61.7 Å². The average molecular weight is 347 g/mol. The first kappa shape index (κ1) is 15.7. The molecule has 2 fully saturated rings. The minimum Gasteiger partial charge on any atom is -0.339 e. The van der Waals surface area contributed by atoms with Crippen molar-refractivity contribution in [1.29, 1.82) is 0 Å². The maximum atomic E-state index is 13.9. The predicted octanol–water partition coefficient (Wildman–Crippen LogP) is -0.273. The smallest absolute Gasteiger partial charge is 0.288 e. The number of hydrogen-bond acceptors (Lipinski definition) is 6. The highest BCUT2D eigenvalue weighted by Crippen LogP contribution is 2.39. The van der Waals surface area contributed by atoms with Crippen molar-refractivity contribution < 1.29 is 9.18 Å². The van der Waals surface area contributed by atoms with Crippen LogP contribution in [0.4, 0.5) is 10.3 Å². The molecule has 9 nitrogen and oxygen atoms in total. The average Bonchev–Trinajstić information content (AvgIpc) is 3.34. The van der Waals surface area contributed by atoms with Gasteiger partial charge >= 0.3 is 0 Å². The maximum absolute atomic E-state index is 13.9. The van der Waals surface area contributed by atoms with Crippen LogP contribution in [0.5, 0.6) is 0 Å². The van der Waals surface area contributed by atoms with E-state index in [1.807, 2.05) is 4.90 Å². The Hall–Kier alpha value is -2.78. The van der Waals surface area contributed by atoms with E-state index in [9.17, 15) is 14.0 Å². The molecule has 0 spiro atoms. The van der Waals surface area contributed by atoms with E-state index >= 15 is 0 Å². The molecule has 1 saturated heterocycles. The fraction of sp³-hybridized carbons (Fsp3) is 0.533. The van der Waals surface area contributed by atoms with E-state index in [1.165, 1.54) is 17.3 Å². The van der Waals surface area contributed by atoms with Gasteiger partial charge < -0.3 is 9.80 Å². The molecule has 4 rings (SSSR count). The fourth-order valence-electron chi connectivity index (χ4n) is 2.96.